The Morgan fingerprint density at radius 2 is 2.33 bits per heavy atom. The second-order valence-electron chi connectivity index (χ2n) is 3.82. The number of nitrogens with one attached hydrogen (secondary N) is 1. The molecule has 2 aromatic rings. The van der Waals surface area contributed by atoms with Gasteiger partial charge in [0.25, 0.3) is 5.69 Å². The molecule has 0 aliphatic rings. The van der Waals surface area contributed by atoms with Crippen LogP contribution in [-0.2, 0) is 13.5 Å². The quantitative estimate of drug-likeness (QED) is 0.637. The Bertz CT molecular complexity index is 552. The summed E-state index contributed by atoms with van der Waals surface area (Å²) in [5.74, 6) is 0.746. The number of nitrogens with zero attached hydrogens (tertiary/aromatic N) is 4. The van der Waals surface area contributed by atoms with Gasteiger partial charge in [0.05, 0.1) is 4.92 Å². The molecule has 0 saturated carbocycles. The third-order valence-electron chi connectivity index (χ3n) is 2.38. The second-order valence-corrected chi connectivity index (χ2v) is 3.82. The maximum absolute atomic E-state index is 10.6. The molecule has 7 heteroatoms. The minimum Gasteiger partial charge on any atom is -0.384 e. The van der Waals surface area contributed by atoms with Crippen LogP contribution in [0.3, 0.4) is 0 Å². The van der Waals surface area contributed by atoms with Crippen LogP contribution in [0.4, 0.5) is 11.4 Å². The van der Waals surface area contributed by atoms with Crippen LogP contribution in [0.1, 0.15) is 5.82 Å². The van der Waals surface area contributed by atoms with Gasteiger partial charge in [-0.25, -0.2) is 4.98 Å². The smallest absolute Gasteiger partial charge is 0.271 e. The number of hydrogen-bond donors (Lipinski definition) is 1. The van der Waals surface area contributed by atoms with Crippen molar-refractivity contribution in [1.82, 2.24) is 14.8 Å². The van der Waals surface area contributed by atoms with Crippen molar-refractivity contribution in [2.24, 2.45) is 7.05 Å². The Hall–Kier alpha value is -2.44. The molecule has 1 aromatic carbocycles. The van der Waals surface area contributed by atoms with Gasteiger partial charge in [0.2, 0.25) is 0 Å². The molecule has 0 radical (unpaired) electrons. The van der Waals surface area contributed by atoms with Crippen molar-refractivity contribution in [3.05, 3.63) is 46.5 Å². The predicted octanol–water partition coefficient (Wildman–Crippen LogP) is 1.38. The maximum Gasteiger partial charge on any atom is 0.271 e. The van der Waals surface area contributed by atoms with Gasteiger partial charge < -0.3 is 5.32 Å². The monoisotopic (exact) mass is 247 g/mol. The van der Waals surface area contributed by atoms with E-state index in [0.29, 0.717) is 13.0 Å². The number of aryl methyl sites for hydroxylation is 1. The first-order valence-corrected chi connectivity index (χ1v) is 5.48. The van der Waals surface area contributed by atoms with Crippen LogP contribution >= 0.6 is 0 Å². The van der Waals surface area contributed by atoms with E-state index in [1.807, 2.05) is 7.05 Å². The van der Waals surface area contributed by atoms with Crippen molar-refractivity contribution in [2.75, 3.05) is 11.9 Å². The second kappa shape index (κ2) is 5.26. The molecular weight excluding hydrogens is 234 g/mol. The van der Waals surface area contributed by atoms with Crippen LogP contribution in [0.5, 0.6) is 0 Å². The van der Waals surface area contributed by atoms with Crippen molar-refractivity contribution in [1.29, 1.82) is 0 Å². The molecule has 0 amide bonds. The molecule has 2 rings (SSSR count). The Morgan fingerprint density at radius 3 is 3.00 bits per heavy atom. The fourth-order valence-electron chi connectivity index (χ4n) is 1.55. The highest BCUT2D eigenvalue weighted by molar-refractivity contribution is 5.50. The first-order valence-electron chi connectivity index (χ1n) is 5.48. The van der Waals surface area contributed by atoms with Crippen LogP contribution in [-0.4, -0.2) is 26.2 Å². The average molecular weight is 247 g/mol. The van der Waals surface area contributed by atoms with Gasteiger partial charge in [-0.15, -0.1) is 0 Å². The zero-order valence-electron chi connectivity index (χ0n) is 9.91. The van der Waals surface area contributed by atoms with Gasteiger partial charge in [0.1, 0.15) is 6.33 Å². The fourth-order valence-corrected chi connectivity index (χ4v) is 1.55. The molecule has 0 atom stereocenters. The molecule has 0 unspecified atom stereocenters. The molecule has 1 aromatic heterocycles. The SMILES string of the molecule is Cn1cnc(CCNc2cccc([N+](=O)[O-])c2)n1. The molecule has 0 aliphatic carbocycles. The number of nitro benzene ring substituents is 1. The normalized spacial score (nSPS) is 10.3. The van der Waals surface area contributed by atoms with Crippen LogP contribution in [0.2, 0.25) is 0 Å². The number of nitro groups is 1. The zero-order valence-corrected chi connectivity index (χ0v) is 9.91. The summed E-state index contributed by atoms with van der Waals surface area (Å²) in [7, 11) is 1.81. The van der Waals surface area contributed by atoms with Crippen molar-refractivity contribution < 1.29 is 4.92 Å². The lowest BCUT2D eigenvalue weighted by Gasteiger charge is -2.04. The number of benzene rings is 1. The largest absolute Gasteiger partial charge is 0.384 e. The van der Waals surface area contributed by atoms with Crippen molar-refractivity contribution in [2.45, 2.75) is 6.42 Å². The molecule has 18 heavy (non-hydrogen) atoms. The topological polar surface area (TPSA) is 85.9 Å². The number of rotatable bonds is 5. The standard InChI is InChI=1S/C11H13N5O2/c1-15-8-13-11(14-15)5-6-12-9-3-2-4-10(7-9)16(17)18/h2-4,7-8,12H,5-6H2,1H3. The predicted molar refractivity (Wildman–Crippen MR) is 66.3 cm³/mol. The highest BCUT2D eigenvalue weighted by atomic mass is 16.6. The Morgan fingerprint density at radius 1 is 1.50 bits per heavy atom. The van der Waals surface area contributed by atoms with E-state index in [0.717, 1.165) is 11.5 Å². The van der Waals surface area contributed by atoms with Crippen molar-refractivity contribution in [3.63, 3.8) is 0 Å². The van der Waals surface area contributed by atoms with Gasteiger partial charge in [-0.1, -0.05) is 6.07 Å². The maximum atomic E-state index is 10.6. The molecule has 0 bridgehead atoms. The van der Waals surface area contributed by atoms with Crippen LogP contribution < -0.4 is 5.32 Å². The van der Waals surface area contributed by atoms with E-state index in [9.17, 15) is 10.1 Å². The minimum absolute atomic E-state index is 0.0796. The molecule has 94 valence electrons. The van der Waals surface area contributed by atoms with Gasteiger partial charge in [-0.3, -0.25) is 14.8 Å². The zero-order chi connectivity index (χ0) is 13.0. The summed E-state index contributed by atoms with van der Waals surface area (Å²) in [4.78, 5) is 14.3. The Kier molecular flexibility index (Phi) is 3.52. The third kappa shape index (κ3) is 3.03. The highest BCUT2D eigenvalue weighted by Crippen LogP contribution is 2.16. The molecular formula is C11H13N5O2. The van der Waals surface area contributed by atoms with E-state index in [1.165, 1.54) is 12.1 Å². The first kappa shape index (κ1) is 12.0. The Balaban J connectivity index is 1.90. The van der Waals surface area contributed by atoms with Crippen LogP contribution in [0, 0.1) is 10.1 Å². The summed E-state index contributed by atoms with van der Waals surface area (Å²) in [6, 6.07) is 6.41. The van der Waals surface area contributed by atoms with E-state index in [-0.39, 0.29) is 5.69 Å². The van der Waals surface area contributed by atoms with Crippen molar-refractivity contribution in [3.8, 4) is 0 Å². The molecule has 0 fully saturated rings. The van der Waals surface area contributed by atoms with Crippen LogP contribution in [0.15, 0.2) is 30.6 Å². The minimum atomic E-state index is -0.411. The first-order chi connectivity index (χ1) is 8.65. The summed E-state index contributed by atoms with van der Waals surface area (Å²) in [5.41, 5.74) is 0.802. The van der Waals surface area contributed by atoms with E-state index in [1.54, 1.807) is 23.1 Å². The van der Waals surface area contributed by atoms with Gasteiger partial charge in [-0.05, 0) is 6.07 Å². The molecule has 0 saturated heterocycles. The number of anilines is 1. The van der Waals surface area contributed by atoms with Crippen LogP contribution in [0.25, 0.3) is 0 Å². The lowest BCUT2D eigenvalue weighted by Crippen LogP contribution is -2.06. The van der Waals surface area contributed by atoms with Gasteiger partial charge in [0, 0.05) is 37.8 Å². The number of hydrogen-bond acceptors (Lipinski definition) is 5. The summed E-state index contributed by atoms with van der Waals surface area (Å²) in [6.07, 6.45) is 2.31. The van der Waals surface area contributed by atoms with Gasteiger partial charge in [0.15, 0.2) is 5.82 Å². The highest BCUT2D eigenvalue weighted by Gasteiger charge is 2.05. The van der Waals surface area contributed by atoms with E-state index >= 15 is 0 Å². The van der Waals surface area contributed by atoms with E-state index in [2.05, 4.69) is 15.4 Å². The summed E-state index contributed by atoms with van der Waals surface area (Å²) in [5, 5.41) is 17.9. The molecule has 1 N–H and O–H groups in total. The molecule has 1 heterocycles. The Labute approximate surface area is 104 Å². The lowest BCUT2D eigenvalue weighted by molar-refractivity contribution is -0.384. The van der Waals surface area contributed by atoms with Gasteiger partial charge in [-0.2, -0.15) is 5.10 Å². The molecule has 0 aliphatic heterocycles. The summed E-state index contributed by atoms with van der Waals surface area (Å²) < 4.78 is 1.64. The summed E-state index contributed by atoms with van der Waals surface area (Å²) in [6.45, 7) is 0.630. The number of aromatic nitrogens is 3. The van der Waals surface area contributed by atoms with Crippen molar-refractivity contribution >= 4 is 11.4 Å². The number of non-ortho nitro benzene ring substituents is 1. The average Bonchev–Trinajstić information content (AvgIpc) is 2.75. The van der Waals surface area contributed by atoms with E-state index < -0.39 is 4.92 Å². The molecule has 0 spiro atoms. The van der Waals surface area contributed by atoms with Gasteiger partial charge >= 0.3 is 0 Å². The fraction of sp³-hybridized carbons (Fsp3) is 0.273. The summed E-state index contributed by atoms with van der Waals surface area (Å²) >= 11 is 0. The third-order valence-corrected chi connectivity index (χ3v) is 2.38. The lowest BCUT2D eigenvalue weighted by atomic mass is 10.2. The van der Waals surface area contributed by atoms with E-state index in [4.69, 9.17) is 0 Å². The molecule has 7 nitrogen and oxygen atoms in total.